The van der Waals surface area contributed by atoms with E-state index in [1.807, 2.05) is 26.0 Å². The average molecular weight is 419 g/mol. The summed E-state index contributed by atoms with van der Waals surface area (Å²) in [6.07, 6.45) is 12.4. The third kappa shape index (κ3) is 9.91. The molecular weight excluding hydrogens is 380 g/mol. The van der Waals surface area contributed by atoms with E-state index < -0.39 is 0 Å². The van der Waals surface area contributed by atoms with Crippen molar-refractivity contribution in [1.29, 1.82) is 0 Å². The Balaban J connectivity index is 1.67. The third-order valence-electron chi connectivity index (χ3n) is 5.08. The zero-order chi connectivity index (χ0) is 21.6. The first kappa shape index (κ1) is 23.9. The fourth-order valence-corrected chi connectivity index (χ4v) is 3.46. The standard InChI is InChI=1S/C22H38N6O2/c1-18(2)26-22(29)28(30-17-19-9-5-3-6-10-19)16-8-4-7-13-25-21(23)27-20-11-14-24-15-12-20/h11-12,14-15,18-19H,3-10,13,16-17H2,1-2H3,(H,26,29)(H3,23,24,25,27). The van der Waals surface area contributed by atoms with Gasteiger partial charge in [0.15, 0.2) is 5.96 Å². The molecule has 168 valence electrons. The van der Waals surface area contributed by atoms with E-state index >= 15 is 0 Å². The van der Waals surface area contributed by atoms with Crippen LogP contribution in [0.5, 0.6) is 0 Å². The van der Waals surface area contributed by atoms with Crippen molar-refractivity contribution in [2.75, 3.05) is 25.0 Å². The second kappa shape index (κ2) is 13.8. The summed E-state index contributed by atoms with van der Waals surface area (Å²) in [5.41, 5.74) is 6.77. The summed E-state index contributed by atoms with van der Waals surface area (Å²) in [7, 11) is 0. The molecule has 0 saturated heterocycles. The molecule has 2 rings (SSSR count). The number of nitrogens with zero attached hydrogens (tertiary/aromatic N) is 3. The van der Waals surface area contributed by atoms with E-state index in [4.69, 9.17) is 10.6 Å². The fraction of sp³-hybridized carbons (Fsp3) is 0.682. The molecule has 2 amide bonds. The molecule has 1 heterocycles. The van der Waals surface area contributed by atoms with Crippen LogP contribution in [0.3, 0.4) is 0 Å². The quantitative estimate of drug-likeness (QED) is 0.219. The van der Waals surface area contributed by atoms with Gasteiger partial charge in [0.05, 0.1) is 13.2 Å². The van der Waals surface area contributed by atoms with Crippen LogP contribution in [0.4, 0.5) is 10.5 Å². The van der Waals surface area contributed by atoms with Crippen molar-refractivity contribution in [3.05, 3.63) is 24.5 Å². The first-order valence-corrected chi connectivity index (χ1v) is 11.2. The normalized spacial score (nSPS) is 15.2. The second-order valence-electron chi connectivity index (χ2n) is 8.19. The highest BCUT2D eigenvalue weighted by Gasteiger charge is 2.19. The van der Waals surface area contributed by atoms with E-state index in [0.29, 0.717) is 31.6 Å². The zero-order valence-electron chi connectivity index (χ0n) is 18.5. The van der Waals surface area contributed by atoms with Gasteiger partial charge in [-0.3, -0.25) is 14.8 Å². The van der Waals surface area contributed by atoms with Crippen molar-refractivity contribution in [2.45, 2.75) is 71.3 Å². The molecule has 0 spiro atoms. The zero-order valence-corrected chi connectivity index (χ0v) is 18.5. The number of unbranched alkanes of at least 4 members (excludes halogenated alkanes) is 2. The highest BCUT2D eigenvalue weighted by molar-refractivity contribution is 5.92. The molecule has 0 aromatic carbocycles. The molecule has 0 atom stereocenters. The molecule has 1 fully saturated rings. The van der Waals surface area contributed by atoms with Crippen molar-refractivity contribution in [3.8, 4) is 0 Å². The van der Waals surface area contributed by atoms with Gasteiger partial charge in [0.25, 0.3) is 0 Å². The number of urea groups is 1. The van der Waals surface area contributed by atoms with Crippen LogP contribution in [0.25, 0.3) is 0 Å². The Bertz CT molecular complexity index is 632. The number of nitrogens with one attached hydrogen (secondary N) is 2. The summed E-state index contributed by atoms with van der Waals surface area (Å²) in [5, 5.41) is 7.48. The number of aliphatic imine (C=N–C) groups is 1. The minimum absolute atomic E-state index is 0.0866. The lowest BCUT2D eigenvalue weighted by Crippen LogP contribution is -2.44. The van der Waals surface area contributed by atoms with E-state index in [2.05, 4.69) is 20.6 Å². The van der Waals surface area contributed by atoms with Gasteiger partial charge in [-0.2, -0.15) is 0 Å². The maximum Gasteiger partial charge on any atom is 0.341 e. The maximum absolute atomic E-state index is 12.4. The van der Waals surface area contributed by atoms with Gasteiger partial charge < -0.3 is 16.4 Å². The number of rotatable bonds is 11. The molecule has 0 bridgehead atoms. The van der Waals surface area contributed by atoms with Crippen LogP contribution in [-0.4, -0.2) is 47.8 Å². The van der Waals surface area contributed by atoms with Gasteiger partial charge in [0, 0.05) is 30.7 Å². The fourth-order valence-electron chi connectivity index (χ4n) is 3.46. The van der Waals surface area contributed by atoms with Gasteiger partial charge in [-0.05, 0) is 64.0 Å². The lowest BCUT2D eigenvalue weighted by molar-refractivity contribution is -0.133. The summed E-state index contributed by atoms with van der Waals surface area (Å²) in [4.78, 5) is 26.7. The smallest absolute Gasteiger partial charge is 0.341 e. The van der Waals surface area contributed by atoms with Gasteiger partial charge in [0.2, 0.25) is 0 Å². The Morgan fingerprint density at radius 2 is 1.97 bits per heavy atom. The molecule has 1 aliphatic carbocycles. The molecule has 4 N–H and O–H groups in total. The Morgan fingerprint density at radius 3 is 2.67 bits per heavy atom. The van der Waals surface area contributed by atoms with Crippen molar-refractivity contribution in [3.63, 3.8) is 0 Å². The van der Waals surface area contributed by atoms with E-state index in [1.54, 1.807) is 12.4 Å². The lowest BCUT2D eigenvalue weighted by Gasteiger charge is -2.27. The van der Waals surface area contributed by atoms with Crippen LogP contribution >= 0.6 is 0 Å². The molecule has 30 heavy (non-hydrogen) atoms. The summed E-state index contributed by atoms with van der Waals surface area (Å²) >= 11 is 0. The van der Waals surface area contributed by atoms with Crippen LogP contribution in [-0.2, 0) is 4.84 Å². The molecule has 0 radical (unpaired) electrons. The highest BCUT2D eigenvalue weighted by atomic mass is 16.7. The number of aromatic nitrogens is 1. The van der Waals surface area contributed by atoms with E-state index in [1.165, 1.54) is 37.2 Å². The minimum atomic E-state index is -0.148. The maximum atomic E-state index is 12.4. The van der Waals surface area contributed by atoms with Crippen LogP contribution in [0, 0.1) is 5.92 Å². The Morgan fingerprint density at radius 1 is 1.23 bits per heavy atom. The third-order valence-corrected chi connectivity index (χ3v) is 5.08. The first-order valence-electron chi connectivity index (χ1n) is 11.2. The minimum Gasteiger partial charge on any atom is -0.370 e. The first-order chi connectivity index (χ1) is 14.5. The van der Waals surface area contributed by atoms with Crippen LogP contribution < -0.4 is 16.4 Å². The molecule has 8 nitrogen and oxygen atoms in total. The number of amides is 2. The SMILES string of the molecule is CC(C)NC(=O)N(CCCCCN=C(N)Nc1ccncc1)OCC1CCCCC1. The summed E-state index contributed by atoms with van der Waals surface area (Å²) in [6.45, 7) is 5.77. The predicted octanol–water partition coefficient (Wildman–Crippen LogP) is 3.91. The number of hydroxylamine groups is 2. The number of carbonyl (C=O) groups excluding carboxylic acids is 1. The van der Waals surface area contributed by atoms with Gasteiger partial charge >= 0.3 is 6.03 Å². The Labute approximate surface area is 180 Å². The van der Waals surface area contributed by atoms with Crippen LogP contribution in [0.2, 0.25) is 0 Å². The number of anilines is 1. The Hall–Kier alpha value is -2.35. The number of hydrogen-bond acceptors (Lipinski definition) is 4. The number of guanidine groups is 1. The molecule has 1 aromatic rings. The molecule has 1 aromatic heterocycles. The van der Waals surface area contributed by atoms with Gasteiger partial charge in [-0.25, -0.2) is 9.86 Å². The number of nitrogens with two attached hydrogens (primary N) is 1. The van der Waals surface area contributed by atoms with Crippen molar-refractivity contribution in [1.82, 2.24) is 15.4 Å². The van der Waals surface area contributed by atoms with Crippen LogP contribution in [0.1, 0.15) is 65.2 Å². The summed E-state index contributed by atoms with van der Waals surface area (Å²) < 4.78 is 0. The van der Waals surface area contributed by atoms with Crippen LogP contribution in [0.15, 0.2) is 29.5 Å². The largest absolute Gasteiger partial charge is 0.370 e. The van der Waals surface area contributed by atoms with Gasteiger partial charge in [-0.15, -0.1) is 0 Å². The van der Waals surface area contributed by atoms with E-state index in [-0.39, 0.29) is 12.1 Å². The monoisotopic (exact) mass is 418 g/mol. The van der Waals surface area contributed by atoms with Crippen molar-refractivity contribution >= 4 is 17.7 Å². The molecule has 1 saturated carbocycles. The topological polar surface area (TPSA) is 105 Å². The van der Waals surface area contributed by atoms with E-state index in [9.17, 15) is 4.79 Å². The number of pyridine rings is 1. The van der Waals surface area contributed by atoms with Crippen molar-refractivity contribution < 1.29 is 9.63 Å². The number of hydrogen-bond donors (Lipinski definition) is 3. The lowest BCUT2D eigenvalue weighted by atomic mass is 9.90. The molecule has 1 aliphatic rings. The summed E-state index contributed by atoms with van der Waals surface area (Å²) in [6, 6.07) is 3.62. The predicted molar refractivity (Wildman–Crippen MR) is 121 cm³/mol. The van der Waals surface area contributed by atoms with E-state index in [0.717, 1.165) is 24.9 Å². The number of carbonyl (C=O) groups is 1. The molecular formula is C22H38N6O2. The van der Waals surface area contributed by atoms with Gasteiger partial charge in [-0.1, -0.05) is 19.3 Å². The average Bonchev–Trinajstić information content (AvgIpc) is 2.73. The second-order valence-corrected chi connectivity index (χ2v) is 8.19. The Kier molecular flexibility index (Phi) is 11.0. The molecule has 8 heteroatoms. The summed E-state index contributed by atoms with van der Waals surface area (Å²) in [5.74, 6) is 0.966. The van der Waals surface area contributed by atoms with Gasteiger partial charge in [0.1, 0.15) is 0 Å². The molecule has 0 aliphatic heterocycles. The van der Waals surface area contributed by atoms with Crippen molar-refractivity contribution in [2.24, 2.45) is 16.6 Å². The molecule has 0 unspecified atom stereocenters. The highest BCUT2D eigenvalue weighted by Crippen LogP contribution is 2.24.